The zero-order chi connectivity index (χ0) is 18.4. The maximum absolute atomic E-state index is 12.0. The van der Waals surface area contributed by atoms with Crippen LogP contribution in [0.4, 0.5) is 5.69 Å². The highest BCUT2D eigenvalue weighted by Crippen LogP contribution is 2.23. The molecule has 25 heavy (non-hydrogen) atoms. The zero-order valence-corrected chi connectivity index (χ0v) is 15.1. The van der Waals surface area contributed by atoms with Gasteiger partial charge in [0.1, 0.15) is 5.75 Å². The molecule has 5 nitrogen and oxygen atoms in total. The van der Waals surface area contributed by atoms with E-state index in [-0.39, 0.29) is 23.8 Å². The van der Waals surface area contributed by atoms with E-state index < -0.39 is 0 Å². The van der Waals surface area contributed by atoms with Crippen LogP contribution < -0.4 is 15.4 Å². The van der Waals surface area contributed by atoms with Crippen molar-refractivity contribution in [3.8, 4) is 5.75 Å². The molecule has 0 unspecified atom stereocenters. The summed E-state index contributed by atoms with van der Waals surface area (Å²) in [6.45, 7) is 6.31. The number of rotatable bonds is 5. The summed E-state index contributed by atoms with van der Waals surface area (Å²) >= 11 is 0. The Labute approximate surface area is 148 Å². The SMILES string of the molecule is COc1ccc(C(=O)NCC(=O)Nc2ccc(C(C)(C)C)cc2)cc1. The smallest absolute Gasteiger partial charge is 0.251 e. The molecule has 0 saturated carbocycles. The lowest BCUT2D eigenvalue weighted by Crippen LogP contribution is -2.32. The third-order valence-electron chi connectivity index (χ3n) is 3.80. The van der Waals surface area contributed by atoms with Gasteiger partial charge in [-0.15, -0.1) is 0 Å². The lowest BCUT2D eigenvalue weighted by atomic mass is 9.87. The Morgan fingerprint density at radius 1 is 0.960 bits per heavy atom. The third-order valence-corrected chi connectivity index (χ3v) is 3.80. The van der Waals surface area contributed by atoms with Gasteiger partial charge in [-0.1, -0.05) is 32.9 Å². The minimum Gasteiger partial charge on any atom is -0.497 e. The van der Waals surface area contributed by atoms with Crippen LogP contribution in [0.3, 0.4) is 0 Å². The van der Waals surface area contributed by atoms with Gasteiger partial charge >= 0.3 is 0 Å². The predicted molar refractivity (Wildman–Crippen MR) is 99.1 cm³/mol. The minimum atomic E-state index is -0.305. The normalized spacial score (nSPS) is 10.9. The number of hydrogen-bond acceptors (Lipinski definition) is 3. The Bertz CT molecular complexity index is 729. The maximum Gasteiger partial charge on any atom is 0.251 e. The van der Waals surface area contributed by atoms with Crippen LogP contribution in [0.15, 0.2) is 48.5 Å². The van der Waals surface area contributed by atoms with Crippen LogP contribution >= 0.6 is 0 Å². The number of nitrogens with one attached hydrogen (secondary N) is 2. The highest BCUT2D eigenvalue weighted by Gasteiger charge is 2.13. The summed E-state index contributed by atoms with van der Waals surface area (Å²) in [4.78, 5) is 24.0. The second kappa shape index (κ2) is 7.83. The van der Waals surface area contributed by atoms with Crippen LogP contribution in [-0.4, -0.2) is 25.5 Å². The van der Waals surface area contributed by atoms with E-state index in [4.69, 9.17) is 4.74 Å². The van der Waals surface area contributed by atoms with Crippen LogP contribution in [0.5, 0.6) is 5.75 Å². The molecule has 2 rings (SSSR count). The van der Waals surface area contributed by atoms with E-state index in [1.807, 2.05) is 24.3 Å². The van der Waals surface area contributed by atoms with Crippen LogP contribution in [-0.2, 0) is 10.2 Å². The maximum atomic E-state index is 12.0. The molecule has 0 fully saturated rings. The molecule has 2 aromatic carbocycles. The van der Waals surface area contributed by atoms with E-state index in [0.29, 0.717) is 17.0 Å². The summed E-state index contributed by atoms with van der Waals surface area (Å²) in [5.41, 5.74) is 2.44. The van der Waals surface area contributed by atoms with Crippen LogP contribution in [0.1, 0.15) is 36.7 Å². The molecule has 0 saturated heterocycles. The van der Waals surface area contributed by atoms with Gasteiger partial charge in [-0.2, -0.15) is 0 Å². The van der Waals surface area contributed by atoms with Crippen molar-refractivity contribution >= 4 is 17.5 Å². The van der Waals surface area contributed by atoms with E-state index in [0.717, 1.165) is 0 Å². The fourth-order valence-electron chi connectivity index (χ4n) is 2.26. The lowest BCUT2D eigenvalue weighted by Gasteiger charge is -2.19. The molecule has 0 aromatic heterocycles. The second-order valence-electron chi connectivity index (χ2n) is 6.79. The number of hydrogen-bond donors (Lipinski definition) is 2. The number of carbonyl (C=O) groups excluding carboxylic acids is 2. The fraction of sp³-hybridized carbons (Fsp3) is 0.300. The van der Waals surface area contributed by atoms with Crippen molar-refractivity contribution in [2.24, 2.45) is 0 Å². The van der Waals surface area contributed by atoms with Crippen molar-refractivity contribution in [1.82, 2.24) is 5.32 Å². The summed E-state index contributed by atoms with van der Waals surface area (Å²) in [5, 5.41) is 5.37. The van der Waals surface area contributed by atoms with Crippen LogP contribution in [0, 0.1) is 0 Å². The summed E-state index contributed by atoms with van der Waals surface area (Å²) in [7, 11) is 1.56. The van der Waals surface area contributed by atoms with Gasteiger partial charge in [-0.3, -0.25) is 9.59 Å². The van der Waals surface area contributed by atoms with E-state index in [1.165, 1.54) is 5.56 Å². The van der Waals surface area contributed by atoms with E-state index in [2.05, 4.69) is 31.4 Å². The van der Waals surface area contributed by atoms with Crippen molar-refractivity contribution in [2.75, 3.05) is 19.0 Å². The molecule has 0 heterocycles. The quantitative estimate of drug-likeness (QED) is 0.877. The third kappa shape index (κ3) is 5.35. The number of benzene rings is 2. The summed E-state index contributed by atoms with van der Waals surface area (Å²) in [5.74, 6) is 0.0965. The van der Waals surface area contributed by atoms with Crippen LogP contribution in [0.25, 0.3) is 0 Å². The topological polar surface area (TPSA) is 67.4 Å². The molecule has 0 bridgehead atoms. The van der Waals surface area contributed by atoms with Crippen molar-refractivity contribution in [3.63, 3.8) is 0 Å². The van der Waals surface area contributed by atoms with Crippen molar-refractivity contribution in [2.45, 2.75) is 26.2 Å². The van der Waals surface area contributed by atoms with Crippen molar-refractivity contribution in [3.05, 3.63) is 59.7 Å². The minimum absolute atomic E-state index is 0.0644. The standard InChI is InChI=1S/C20H24N2O3/c1-20(2,3)15-7-9-16(10-8-15)22-18(23)13-21-19(24)14-5-11-17(25-4)12-6-14/h5-12H,13H2,1-4H3,(H,21,24)(H,22,23). The largest absolute Gasteiger partial charge is 0.497 e. The summed E-state index contributed by atoms with van der Waals surface area (Å²) in [6.07, 6.45) is 0. The van der Waals surface area contributed by atoms with Gasteiger partial charge in [-0.05, 0) is 47.4 Å². The highest BCUT2D eigenvalue weighted by atomic mass is 16.5. The van der Waals surface area contributed by atoms with Gasteiger partial charge in [0.15, 0.2) is 0 Å². The number of amides is 2. The first-order valence-electron chi connectivity index (χ1n) is 8.12. The summed E-state index contributed by atoms with van der Waals surface area (Å²) in [6, 6.07) is 14.4. The molecule has 2 aromatic rings. The summed E-state index contributed by atoms with van der Waals surface area (Å²) < 4.78 is 5.05. The average molecular weight is 340 g/mol. The number of methoxy groups -OCH3 is 1. The molecule has 0 aliphatic rings. The molecular weight excluding hydrogens is 316 g/mol. The van der Waals surface area contributed by atoms with Gasteiger partial charge < -0.3 is 15.4 Å². The van der Waals surface area contributed by atoms with Gasteiger partial charge in [0.2, 0.25) is 5.91 Å². The molecule has 2 N–H and O–H groups in total. The molecule has 5 heteroatoms. The van der Waals surface area contributed by atoms with E-state index in [9.17, 15) is 9.59 Å². The number of carbonyl (C=O) groups is 2. The van der Waals surface area contributed by atoms with E-state index >= 15 is 0 Å². The first-order valence-corrected chi connectivity index (χ1v) is 8.12. The van der Waals surface area contributed by atoms with E-state index in [1.54, 1.807) is 31.4 Å². The molecule has 0 aliphatic heterocycles. The van der Waals surface area contributed by atoms with Crippen molar-refractivity contribution < 1.29 is 14.3 Å². The Balaban J connectivity index is 1.86. The average Bonchev–Trinajstić information content (AvgIpc) is 2.59. The number of ether oxygens (including phenoxy) is 1. The second-order valence-corrected chi connectivity index (χ2v) is 6.79. The Morgan fingerprint density at radius 3 is 2.08 bits per heavy atom. The Morgan fingerprint density at radius 2 is 1.56 bits per heavy atom. The van der Waals surface area contributed by atoms with Crippen LogP contribution in [0.2, 0.25) is 0 Å². The predicted octanol–water partition coefficient (Wildman–Crippen LogP) is 3.36. The van der Waals surface area contributed by atoms with Gasteiger partial charge in [0, 0.05) is 11.3 Å². The Kier molecular flexibility index (Phi) is 5.80. The molecule has 0 atom stereocenters. The Hall–Kier alpha value is -2.82. The lowest BCUT2D eigenvalue weighted by molar-refractivity contribution is -0.115. The number of anilines is 1. The molecule has 0 radical (unpaired) electrons. The monoisotopic (exact) mass is 340 g/mol. The first-order chi connectivity index (χ1) is 11.8. The molecule has 2 amide bonds. The zero-order valence-electron chi connectivity index (χ0n) is 15.1. The molecule has 132 valence electrons. The fourth-order valence-corrected chi connectivity index (χ4v) is 2.26. The van der Waals surface area contributed by atoms with Crippen molar-refractivity contribution in [1.29, 1.82) is 0 Å². The van der Waals surface area contributed by atoms with Gasteiger partial charge in [0.25, 0.3) is 5.91 Å². The molecular formula is C20H24N2O3. The van der Waals surface area contributed by atoms with Gasteiger partial charge in [-0.25, -0.2) is 0 Å². The molecule has 0 spiro atoms. The highest BCUT2D eigenvalue weighted by molar-refractivity contribution is 5.99. The first kappa shape index (κ1) is 18.5. The molecule has 0 aliphatic carbocycles. The van der Waals surface area contributed by atoms with Gasteiger partial charge in [0.05, 0.1) is 13.7 Å².